The van der Waals surface area contributed by atoms with E-state index in [0.29, 0.717) is 11.6 Å². The molecule has 146 valence electrons. The molecular formula is C13H17N7O5S2. The van der Waals surface area contributed by atoms with Gasteiger partial charge in [-0.3, -0.25) is 10.00 Å². The van der Waals surface area contributed by atoms with Crippen LogP contribution >= 0.6 is 11.9 Å². The summed E-state index contributed by atoms with van der Waals surface area (Å²) in [6.45, 7) is 1.28. The van der Waals surface area contributed by atoms with Gasteiger partial charge in [-0.15, -0.1) is 0 Å². The fourth-order valence-electron chi connectivity index (χ4n) is 2.19. The molecule has 12 nitrogen and oxygen atoms in total. The minimum Gasteiger partial charge on any atom is -0.481 e. The number of methoxy groups -OCH3 is 2. The first-order valence-corrected chi connectivity index (χ1v) is 9.84. The number of fused-ring (bicyclic) bond motifs is 1. The van der Waals surface area contributed by atoms with E-state index >= 15 is 0 Å². The molecule has 0 saturated heterocycles. The third-order valence-electron chi connectivity index (χ3n) is 3.47. The highest BCUT2D eigenvalue weighted by Crippen LogP contribution is 2.31. The Morgan fingerprint density at radius 2 is 1.89 bits per heavy atom. The second-order valence-electron chi connectivity index (χ2n) is 5.32. The highest BCUT2D eigenvalue weighted by Gasteiger charge is 2.29. The van der Waals surface area contributed by atoms with Crippen LogP contribution in [0.1, 0.15) is 0 Å². The number of anilines is 1. The molecule has 0 radical (unpaired) electrons. The summed E-state index contributed by atoms with van der Waals surface area (Å²) in [5.41, 5.74) is 0. The van der Waals surface area contributed by atoms with Crippen molar-refractivity contribution in [3.8, 4) is 11.8 Å². The van der Waals surface area contributed by atoms with E-state index in [1.165, 1.54) is 38.4 Å². The number of hydrogen-bond donors (Lipinski definition) is 2. The van der Waals surface area contributed by atoms with Crippen LogP contribution < -0.4 is 19.5 Å². The van der Waals surface area contributed by atoms with Crippen LogP contribution in [0, 0.1) is 0 Å². The van der Waals surface area contributed by atoms with E-state index in [2.05, 4.69) is 20.4 Å². The van der Waals surface area contributed by atoms with Crippen LogP contribution in [0.25, 0.3) is 0 Å². The molecule has 27 heavy (non-hydrogen) atoms. The predicted molar refractivity (Wildman–Crippen MR) is 95.2 cm³/mol. The van der Waals surface area contributed by atoms with Gasteiger partial charge in [-0.05, 0) is 19.0 Å². The number of urea groups is 1. The molecule has 0 fully saturated rings. The maximum atomic E-state index is 12.6. The first-order chi connectivity index (χ1) is 12.8. The van der Waals surface area contributed by atoms with Crippen molar-refractivity contribution >= 4 is 34.0 Å². The van der Waals surface area contributed by atoms with Crippen molar-refractivity contribution in [2.75, 3.05) is 33.1 Å². The Labute approximate surface area is 159 Å². The molecule has 0 atom stereocenters. The van der Waals surface area contributed by atoms with Crippen molar-refractivity contribution in [2.45, 2.75) is 16.5 Å². The van der Waals surface area contributed by atoms with E-state index in [1.54, 1.807) is 4.68 Å². The first-order valence-electron chi connectivity index (χ1n) is 7.58. The third-order valence-corrected chi connectivity index (χ3v) is 6.03. The van der Waals surface area contributed by atoms with Gasteiger partial charge < -0.3 is 9.47 Å². The van der Waals surface area contributed by atoms with Gasteiger partial charge in [0.05, 0.1) is 33.0 Å². The summed E-state index contributed by atoms with van der Waals surface area (Å²) in [7, 11) is 0.461. The van der Waals surface area contributed by atoms with Crippen LogP contribution in [-0.2, 0) is 16.6 Å². The van der Waals surface area contributed by atoms with Crippen LogP contribution in [-0.4, -0.2) is 66.3 Å². The van der Waals surface area contributed by atoms with Crippen LogP contribution in [0.2, 0.25) is 0 Å². The summed E-state index contributed by atoms with van der Waals surface area (Å²) in [5, 5.41) is 6.73. The molecule has 2 amide bonds. The van der Waals surface area contributed by atoms with Crippen molar-refractivity contribution in [3.63, 3.8) is 0 Å². The molecule has 0 unspecified atom stereocenters. The smallest absolute Gasteiger partial charge is 0.335 e. The Bertz CT molecular complexity index is 940. The fourth-order valence-corrected chi connectivity index (χ4v) is 4.41. The molecule has 0 aliphatic carbocycles. The molecule has 3 heterocycles. The summed E-state index contributed by atoms with van der Waals surface area (Å²) in [5.74, 6) is 0.111. The molecule has 1 aliphatic rings. The number of hydrogen-bond acceptors (Lipinski definition) is 10. The minimum absolute atomic E-state index is 0.0849. The quantitative estimate of drug-likeness (QED) is 0.648. The summed E-state index contributed by atoms with van der Waals surface area (Å²) in [6, 6.07) is 0.381. The Morgan fingerprint density at radius 1 is 1.22 bits per heavy atom. The van der Waals surface area contributed by atoms with Crippen LogP contribution in [0.4, 0.5) is 10.7 Å². The van der Waals surface area contributed by atoms with Crippen LogP contribution in [0.15, 0.2) is 22.2 Å². The van der Waals surface area contributed by atoms with Gasteiger partial charge in [0.2, 0.25) is 17.7 Å². The molecule has 3 rings (SSSR count). The largest absolute Gasteiger partial charge is 0.481 e. The monoisotopic (exact) mass is 415 g/mol. The van der Waals surface area contributed by atoms with Gasteiger partial charge in [-0.25, -0.2) is 22.2 Å². The standard InChI is InChI=1S/C13H17N7O5S2/c1-19-4-5-20-11(26-19)8(7-14-20)27(22,23)18-13(21)17-12-15-9(24-2)6-10(16-12)25-3/h6-7H,4-5H2,1-3H3,(H2,15,16,17,18,21). The Hall–Kier alpha value is -2.58. The fraction of sp³-hybridized carbons (Fsp3) is 0.385. The molecule has 0 saturated carbocycles. The van der Waals surface area contributed by atoms with E-state index in [-0.39, 0.29) is 22.6 Å². The normalized spacial score (nSPS) is 14.3. The highest BCUT2D eigenvalue weighted by molar-refractivity contribution is 7.98. The van der Waals surface area contributed by atoms with Crippen molar-refractivity contribution in [1.82, 2.24) is 28.8 Å². The van der Waals surface area contributed by atoms with Gasteiger partial charge in [-0.2, -0.15) is 15.1 Å². The third kappa shape index (κ3) is 4.23. The maximum absolute atomic E-state index is 12.6. The van der Waals surface area contributed by atoms with E-state index in [9.17, 15) is 13.2 Å². The topological polar surface area (TPSA) is 141 Å². The molecule has 0 spiro atoms. The first kappa shape index (κ1) is 19.2. The van der Waals surface area contributed by atoms with E-state index in [4.69, 9.17) is 9.47 Å². The molecule has 2 N–H and O–H groups in total. The zero-order chi connectivity index (χ0) is 19.6. The number of nitrogens with zero attached hydrogens (tertiary/aromatic N) is 5. The van der Waals surface area contributed by atoms with Gasteiger partial charge in [-0.1, -0.05) is 0 Å². The van der Waals surface area contributed by atoms with E-state index in [0.717, 1.165) is 6.54 Å². The number of sulfonamides is 1. The van der Waals surface area contributed by atoms with Gasteiger partial charge >= 0.3 is 6.03 Å². The minimum atomic E-state index is -4.14. The Kier molecular flexibility index (Phi) is 5.38. The zero-order valence-electron chi connectivity index (χ0n) is 14.7. The summed E-state index contributed by atoms with van der Waals surface area (Å²) in [4.78, 5) is 19.9. The number of aromatic nitrogens is 4. The summed E-state index contributed by atoms with van der Waals surface area (Å²) >= 11 is 1.24. The average Bonchev–Trinajstić information content (AvgIpc) is 3.04. The van der Waals surface area contributed by atoms with Gasteiger partial charge in [0.1, 0.15) is 9.92 Å². The zero-order valence-corrected chi connectivity index (χ0v) is 16.3. The van der Waals surface area contributed by atoms with Crippen molar-refractivity contribution in [3.05, 3.63) is 12.3 Å². The summed E-state index contributed by atoms with van der Waals surface area (Å²) in [6.07, 6.45) is 1.21. The molecular weight excluding hydrogens is 398 g/mol. The molecule has 2 aromatic heterocycles. The average molecular weight is 415 g/mol. The number of likely N-dealkylation sites (N-methyl/N-ethyl adjacent to an activating group) is 1. The molecule has 0 aromatic carbocycles. The van der Waals surface area contributed by atoms with Crippen molar-refractivity contribution in [2.24, 2.45) is 0 Å². The molecule has 2 aromatic rings. The second kappa shape index (κ2) is 7.58. The second-order valence-corrected chi connectivity index (χ2v) is 8.16. The summed E-state index contributed by atoms with van der Waals surface area (Å²) < 4.78 is 40.5. The highest BCUT2D eigenvalue weighted by atomic mass is 32.2. The van der Waals surface area contributed by atoms with Gasteiger partial charge in [0, 0.05) is 6.54 Å². The molecule has 14 heteroatoms. The number of amides is 2. The number of rotatable bonds is 5. The molecule has 1 aliphatic heterocycles. The van der Waals surface area contributed by atoms with E-state index < -0.39 is 16.1 Å². The molecule has 0 bridgehead atoms. The van der Waals surface area contributed by atoms with E-state index in [1.807, 2.05) is 16.1 Å². The lowest BCUT2D eigenvalue weighted by molar-refractivity contribution is 0.256. The predicted octanol–water partition coefficient (Wildman–Crippen LogP) is 0.153. The number of nitrogens with one attached hydrogen (secondary N) is 2. The lowest BCUT2D eigenvalue weighted by Crippen LogP contribution is -2.35. The number of carbonyl (C=O) groups is 1. The van der Waals surface area contributed by atoms with Gasteiger partial charge in [0.15, 0.2) is 0 Å². The lowest BCUT2D eigenvalue weighted by Gasteiger charge is -2.22. The van der Waals surface area contributed by atoms with Gasteiger partial charge in [0.25, 0.3) is 10.0 Å². The maximum Gasteiger partial charge on any atom is 0.335 e. The van der Waals surface area contributed by atoms with Crippen molar-refractivity contribution < 1.29 is 22.7 Å². The SMILES string of the molecule is COc1cc(OC)nc(NC(=O)NS(=O)(=O)c2cnn3c2SN(C)CC3)n1. The van der Waals surface area contributed by atoms with Crippen LogP contribution in [0.3, 0.4) is 0 Å². The Morgan fingerprint density at radius 3 is 2.52 bits per heavy atom. The number of carbonyl (C=O) groups excluding carboxylic acids is 1. The van der Waals surface area contributed by atoms with Crippen LogP contribution in [0.5, 0.6) is 11.8 Å². The lowest BCUT2D eigenvalue weighted by atomic mass is 10.6. The Balaban J connectivity index is 1.77. The number of ether oxygens (including phenoxy) is 2. The van der Waals surface area contributed by atoms with Crippen molar-refractivity contribution in [1.29, 1.82) is 0 Å².